The fourth-order valence-electron chi connectivity index (χ4n) is 7.45. The average molecular weight is 852 g/mol. The molecule has 13 nitrogen and oxygen atoms in total. The Morgan fingerprint density at radius 1 is 0.721 bits per heavy atom. The zero-order chi connectivity index (χ0) is 43.1. The molecule has 0 spiro atoms. The summed E-state index contributed by atoms with van der Waals surface area (Å²) in [5.74, 6) is -0.813. The molecule has 0 aliphatic heterocycles. The van der Waals surface area contributed by atoms with E-state index in [1.165, 1.54) is 11.3 Å². The summed E-state index contributed by atoms with van der Waals surface area (Å²) in [5, 5.41) is 6.90. The van der Waals surface area contributed by atoms with Crippen molar-refractivity contribution in [2.45, 2.75) is 84.0 Å². The number of carbonyl (C=O) groups is 5. The summed E-state index contributed by atoms with van der Waals surface area (Å²) in [6.07, 6.45) is 10.6. The number of esters is 4. The molecule has 0 bridgehead atoms. The first-order valence-corrected chi connectivity index (χ1v) is 21.8. The van der Waals surface area contributed by atoms with Gasteiger partial charge in [0, 0.05) is 24.6 Å². The number of Topliss-reactive ketones (excluding diaryl/α,β-unsaturated/α-hetero) is 1. The number of carbonyl (C=O) groups excluding carboxylic acids is 5. The molecule has 2 aliphatic carbocycles. The topological polar surface area (TPSA) is 160 Å². The number of ketones is 1. The Morgan fingerprint density at radius 2 is 1.28 bits per heavy atom. The molecule has 0 N–H and O–H groups in total. The number of hydrogen-bond acceptors (Lipinski definition) is 14. The van der Waals surface area contributed by atoms with E-state index in [4.69, 9.17) is 23.7 Å². The molecule has 1 heterocycles. The number of ether oxygens (including phenoxy) is 5. The molecule has 3 aromatic carbocycles. The van der Waals surface area contributed by atoms with Crippen LogP contribution in [0.25, 0.3) is 10.2 Å². The normalized spacial score (nSPS) is 18.9. The largest absolute Gasteiger partial charge is 0.494 e. The fourth-order valence-corrected chi connectivity index (χ4v) is 8.34. The first-order chi connectivity index (χ1) is 29.6. The van der Waals surface area contributed by atoms with E-state index < -0.39 is 17.9 Å². The maximum absolute atomic E-state index is 13.4. The molecule has 2 fully saturated rings. The van der Waals surface area contributed by atoms with Crippen LogP contribution in [0.5, 0.6) is 23.0 Å². The van der Waals surface area contributed by atoms with Crippen LogP contribution in [0.3, 0.4) is 0 Å². The lowest BCUT2D eigenvalue weighted by Crippen LogP contribution is -2.30. The number of thiazole rings is 1. The number of hydrogen-bond donors (Lipinski definition) is 0. The minimum Gasteiger partial charge on any atom is -0.494 e. The van der Waals surface area contributed by atoms with Gasteiger partial charge in [0.15, 0.2) is 0 Å². The van der Waals surface area contributed by atoms with Gasteiger partial charge in [-0.1, -0.05) is 30.0 Å². The van der Waals surface area contributed by atoms with E-state index in [2.05, 4.69) is 16.7 Å². The highest BCUT2D eigenvalue weighted by molar-refractivity contribution is 7.22. The molecule has 0 amide bonds. The standard InChI is InChI=1S/C47H53N3O10S/c1-4-43(52)57-28-10-6-5-9-27-56-37-21-23-38(24-22-37)58-44(53)33-17-19-34(20-18-33)45(54)59-39-25-26-41(60-46(55)35-15-13-32(14-16-35)31(2)51)36(29-39)30-48-50(3)47-49-40-11-7-8-12-42(40)61-47/h4,7-8,11-12,21-26,29-30,32-35H,1,5-6,9-10,13-20,27-28H2,2-3H3/b48-30+. The third-order valence-electron chi connectivity index (χ3n) is 11.1. The van der Waals surface area contributed by atoms with Crippen molar-refractivity contribution in [1.29, 1.82) is 0 Å². The van der Waals surface area contributed by atoms with Crippen LogP contribution < -0.4 is 24.0 Å². The van der Waals surface area contributed by atoms with E-state index in [0.29, 0.717) is 86.8 Å². The van der Waals surface area contributed by atoms with Crippen molar-refractivity contribution in [1.82, 2.24) is 4.98 Å². The summed E-state index contributed by atoms with van der Waals surface area (Å²) in [7, 11) is 1.77. The summed E-state index contributed by atoms with van der Waals surface area (Å²) in [4.78, 5) is 67.4. The highest BCUT2D eigenvalue weighted by atomic mass is 32.1. The number of fused-ring (bicyclic) bond motifs is 1. The lowest BCUT2D eigenvalue weighted by atomic mass is 9.80. The molecule has 322 valence electrons. The zero-order valence-electron chi connectivity index (χ0n) is 34.8. The van der Waals surface area contributed by atoms with E-state index in [1.54, 1.807) is 67.7 Å². The molecule has 0 atom stereocenters. The molecular weight excluding hydrogens is 799 g/mol. The van der Waals surface area contributed by atoms with Gasteiger partial charge in [0.05, 0.1) is 47.4 Å². The second-order valence-corrected chi connectivity index (χ2v) is 16.5. The second kappa shape index (κ2) is 22.1. The number of hydrazone groups is 1. The Bertz CT molecular complexity index is 2150. The van der Waals surface area contributed by atoms with E-state index in [1.807, 2.05) is 24.3 Å². The summed E-state index contributed by atoms with van der Waals surface area (Å²) in [6, 6.07) is 19.6. The fraction of sp³-hybridized carbons (Fsp3) is 0.426. The molecule has 0 unspecified atom stereocenters. The molecule has 61 heavy (non-hydrogen) atoms. The smallest absolute Gasteiger partial charge is 0.330 e. The maximum Gasteiger partial charge on any atom is 0.330 e. The highest BCUT2D eigenvalue weighted by Gasteiger charge is 2.33. The van der Waals surface area contributed by atoms with Crippen molar-refractivity contribution < 1.29 is 47.7 Å². The van der Waals surface area contributed by atoms with Gasteiger partial charge in [0.2, 0.25) is 5.13 Å². The van der Waals surface area contributed by atoms with Gasteiger partial charge in [-0.2, -0.15) is 5.10 Å². The number of anilines is 1. The lowest BCUT2D eigenvalue weighted by Gasteiger charge is -2.26. The van der Waals surface area contributed by atoms with Gasteiger partial charge >= 0.3 is 23.9 Å². The number of para-hydroxylation sites is 1. The molecular formula is C47H53N3O10S. The Morgan fingerprint density at radius 3 is 1.90 bits per heavy atom. The van der Waals surface area contributed by atoms with E-state index >= 15 is 0 Å². The minimum absolute atomic E-state index is 0.0182. The molecule has 0 radical (unpaired) electrons. The summed E-state index contributed by atoms with van der Waals surface area (Å²) < 4.78 is 29.3. The summed E-state index contributed by atoms with van der Waals surface area (Å²) in [6.45, 7) is 5.90. The van der Waals surface area contributed by atoms with Gasteiger partial charge in [-0.25, -0.2) is 14.8 Å². The maximum atomic E-state index is 13.4. The van der Waals surface area contributed by atoms with Crippen molar-refractivity contribution in [3.63, 3.8) is 0 Å². The third-order valence-corrected chi connectivity index (χ3v) is 12.2. The van der Waals surface area contributed by atoms with Crippen molar-refractivity contribution in [3.05, 3.63) is 84.9 Å². The van der Waals surface area contributed by atoms with Crippen molar-refractivity contribution in [2.24, 2.45) is 28.8 Å². The van der Waals surface area contributed by atoms with Crippen LogP contribution in [-0.4, -0.2) is 61.1 Å². The molecule has 14 heteroatoms. The molecule has 4 aromatic rings. The van der Waals surface area contributed by atoms with Crippen molar-refractivity contribution in [2.75, 3.05) is 25.3 Å². The minimum atomic E-state index is -0.407. The van der Waals surface area contributed by atoms with Crippen LogP contribution in [-0.2, 0) is 28.7 Å². The first-order valence-electron chi connectivity index (χ1n) is 21.0. The molecule has 2 aliphatic rings. The summed E-state index contributed by atoms with van der Waals surface area (Å²) >= 11 is 1.49. The highest BCUT2D eigenvalue weighted by Crippen LogP contribution is 2.35. The van der Waals surface area contributed by atoms with E-state index in [0.717, 1.165) is 42.0 Å². The predicted molar refractivity (Wildman–Crippen MR) is 232 cm³/mol. The van der Waals surface area contributed by atoms with Gasteiger partial charge in [0.1, 0.15) is 28.8 Å². The van der Waals surface area contributed by atoms with Crippen LogP contribution in [0.4, 0.5) is 5.13 Å². The predicted octanol–water partition coefficient (Wildman–Crippen LogP) is 9.05. The Kier molecular flexibility index (Phi) is 16.2. The SMILES string of the molecule is C=CC(=O)OCCCCCCOc1ccc(OC(=O)C2CCC(C(=O)Oc3ccc(OC(=O)C4CCC(C(C)=O)CC4)c(/C=N/N(C)c4nc5ccccc5s4)c3)CC2)cc1. The van der Waals surface area contributed by atoms with Crippen LogP contribution in [0.15, 0.2) is 84.5 Å². The summed E-state index contributed by atoms with van der Waals surface area (Å²) in [5.41, 5.74) is 1.30. The van der Waals surface area contributed by atoms with Gasteiger partial charge < -0.3 is 23.7 Å². The van der Waals surface area contributed by atoms with Gasteiger partial charge in [0.25, 0.3) is 0 Å². The molecule has 6 rings (SSSR count). The number of aromatic nitrogens is 1. The van der Waals surface area contributed by atoms with Crippen LogP contribution in [0.2, 0.25) is 0 Å². The van der Waals surface area contributed by atoms with Crippen LogP contribution in [0, 0.1) is 23.7 Å². The number of nitrogens with zero attached hydrogens (tertiary/aromatic N) is 3. The van der Waals surface area contributed by atoms with Crippen LogP contribution >= 0.6 is 11.3 Å². The van der Waals surface area contributed by atoms with Gasteiger partial charge in [-0.15, -0.1) is 0 Å². The Labute approximate surface area is 360 Å². The second-order valence-electron chi connectivity index (χ2n) is 15.5. The van der Waals surface area contributed by atoms with E-state index in [-0.39, 0.29) is 47.0 Å². The number of unbranched alkanes of at least 4 members (excludes halogenated alkanes) is 3. The van der Waals surface area contributed by atoms with E-state index in [9.17, 15) is 24.0 Å². The Hall–Kier alpha value is -5.89. The van der Waals surface area contributed by atoms with Crippen molar-refractivity contribution in [3.8, 4) is 23.0 Å². The monoisotopic (exact) mass is 851 g/mol. The van der Waals surface area contributed by atoms with Crippen molar-refractivity contribution >= 4 is 62.6 Å². The van der Waals surface area contributed by atoms with Gasteiger partial charge in [-0.3, -0.25) is 19.2 Å². The average Bonchev–Trinajstić information content (AvgIpc) is 3.72. The molecule has 2 saturated carbocycles. The Balaban J connectivity index is 0.993. The zero-order valence-corrected chi connectivity index (χ0v) is 35.6. The lowest BCUT2D eigenvalue weighted by molar-refractivity contribution is -0.145. The number of benzene rings is 3. The quantitative estimate of drug-likeness (QED) is 0.0220. The third kappa shape index (κ3) is 13.0. The number of rotatable bonds is 19. The molecule has 0 saturated heterocycles. The van der Waals surface area contributed by atoms with Crippen LogP contribution in [0.1, 0.15) is 89.5 Å². The van der Waals surface area contributed by atoms with Gasteiger partial charge in [-0.05, 0) is 139 Å². The first kappa shape index (κ1) is 44.7. The molecule has 1 aromatic heterocycles.